The number of aliphatic hydroxyl groups excluding tert-OH is 1. The Kier molecular flexibility index (Phi) is 6.86. The minimum atomic E-state index is -0.468. The second-order valence-electron chi connectivity index (χ2n) is 7.15. The molecular formula is C14H30N2O2. The molecule has 18 heavy (non-hydrogen) atoms. The van der Waals surface area contributed by atoms with Crippen molar-refractivity contribution in [3.05, 3.63) is 0 Å². The Hall–Kier alpha value is -0.610. The molecule has 108 valence electrons. The van der Waals surface area contributed by atoms with Crippen molar-refractivity contribution in [3.8, 4) is 0 Å². The molecule has 0 aromatic heterocycles. The van der Waals surface area contributed by atoms with E-state index in [0.717, 1.165) is 0 Å². The lowest BCUT2D eigenvalue weighted by Gasteiger charge is -2.23. The van der Waals surface area contributed by atoms with E-state index in [1.165, 1.54) is 0 Å². The molecule has 0 aromatic carbocycles. The van der Waals surface area contributed by atoms with E-state index in [0.29, 0.717) is 25.9 Å². The third-order valence-corrected chi connectivity index (χ3v) is 2.39. The van der Waals surface area contributed by atoms with Gasteiger partial charge in [0.15, 0.2) is 0 Å². The first-order valence-corrected chi connectivity index (χ1v) is 6.69. The molecule has 1 atom stereocenters. The van der Waals surface area contributed by atoms with Crippen molar-refractivity contribution in [2.24, 2.45) is 5.41 Å². The van der Waals surface area contributed by atoms with Gasteiger partial charge in [0.05, 0.1) is 6.10 Å². The Balaban J connectivity index is 3.71. The number of hydrogen-bond donors (Lipinski definition) is 3. The Bertz CT molecular complexity index is 252. The summed E-state index contributed by atoms with van der Waals surface area (Å²) < 4.78 is 0. The first-order valence-electron chi connectivity index (χ1n) is 6.69. The molecule has 0 bridgehead atoms. The van der Waals surface area contributed by atoms with Crippen LogP contribution in [-0.4, -0.2) is 35.7 Å². The van der Waals surface area contributed by atoms with E-state index in [-0.39, 0.29) is 16.9 Å². The summed E-state index contributed by atoms with van der Waals surface area (Å²) in [6, 6.07) is 0. The number of nitrogens with one attached hydrogen (secondary N) is 2. The third kappa shape index (κ3) is 11.9. The number of carbonyl (C=O) groups is 1. The SMILES string of the molecule is CC(C)(C)CC(O)CNC(=O)CCNC(C)(C)C. The topological polar surface area (TPSA) is 61.4 Å². The van der Waals surface area contributed by atoms with Crippen LogP contribution in [0.2, 0.25) is 0 Å². The Labute approximate surface area is 112 Å². The molecule has 4 nitrogen and oxygen atoms in total. The van der Waals surface area contributed by atoms with Gasteiger partial charge in [0, 0.05) is 25.0 Å². The fourth-order valence-electron chi connectivity index (χ4n) is 1.65. The van der Waals surface area contributed by atoms with Gasteiger partial charge in [-0.25, -0.2) is 0 Å². The largest absolute Gasteiger partial charge is 0.391 e. The lowest BCUT2D eigenvalue weighted by molar-refractivity contribution is -0.121. The first kappa shape index (κ1) is 17.4. The van der Waals surface area contributed by atoms with E-state index in [1.54, 1.807) is 0 Å². The molecule has 3 N–H and O–H groups in total. The number of amides is 1. The summed E-state index contributed by atoms with van der Waals surface area (Å²) in [7, 11) is 0. The van der Waals surface area contributed by atoms with Crippen LogP contribution in [0.3, 0.4) is 0 Å². The molecule has 1 unspecified atom stereocenters. The van der Waals surface area contributed by atoms with Crippen LogP contribution in [0.25, 0.3) is 0 Å². The first-order chi connectivity index (χ1) is 7.99. The van der Waals surface area contributed by atoms with Crippen molar-refractivity contribution in [2.45, 2.75) is 66.0 Å². The van der Waals surface area contributed by atoms with E-state index in [4.69, 9.17) is 0 Å². The highest BCUT2D eigenvalue weighted by molar-refractivity contribution is 5.76. The molecule has 0 aliphatic carbocycles. The maximum Gasteiger partial charge on any atom is 0.221 e. The zero-order valence-corrected chi connectivity index (χ0v) is 12.8. The highest BCUT2D eigenvalue weighted by Crippen LogP contribution is 2.20. The van der Waals surface area contributed by atoms with Gasteiger partial charge >= 0.3 is 0 Å². The molecule has 0 spiro atoms. The molecular weight excluding hydrogens is 228 g/mol. The predicted octanol–water partition coefficient (Wildman–Crippen LogP) is 1.68. The fourth-order valence-corrected chi connectivity index (χ4v) is 1.65. The van der Waals surface area contributed by atoms with Crippen molar-refractivity contribution in [3.63, 3.8) is 0 Å². The van der Waals surface area contributed by atoms with Crippen molar-refractivity contribution < 1.29 is 9.90 Å². The van der Waals surface area contributed by atoms with Crippen molar-refractivity contribution in [1.82, 2.24) is 10.6 Å². The van der Waals surface area contributed by atoms with E-state index in [2.05, 4.69) is 52.2 Å². The normalized spacial score (nSPS) is 14.4. The van der Waals surface area contributed by atoms with Crippen molar-refractivity contribution in [1.29, 1.82) is 0 Å². The lowest BCUT2D eigenvalue weighted by atomic mass is 9.89. The van der Waals surface area contributed by atoms with E-state index in [1.807, 2.05) is 0 Å². The summed E-state index contributed by atoms with van der Waals surface area (Å²) in [6.07, 6.45) is 0.664. The smallest absolute Gasteiger partial charge is 0.221 e. The molecule has 0 aliphatic heterocycles. The average Bonchev–Trinajstić information content (AvgIpc) is 2.09. The predicted molar refractivity (Wildman–Crippen MR) is 75.5 cm³/mol. The highest BCUT2D eigenvalue weighted by atomic mass is 16.3. The van der Waals surface area contributed by atoms with Crippen LogP contribution in [0.15, 0.2) is 0 Å². The molecule has 4 heteroatoms. The minimum absolute atomic E-state index is 0.0142. The van der Waals surface area contributed by atoms with Crippen molar-refractivity contribution in [2.75, 3.05) is 13.1 Å². The summed E-state index contributed by atoms with van der Waals surface area (Å²) in [6.45, 7) is 13.4. The summed E-state index contributed by atoms with van der Waals surface area (Å²) in [5.74, 6) is -0.0142. The van der Waals surface area contributed by atoms with Crippen LogP contribution in [0.4, 0.5) is 0 Å². The maximum absolute atomic E-state index is 11.5. The van der Waals surface area contributed by atoms with Gasteiger partial charge < -0.3 is 15.7 Å². The molecule has 0 rings (SSSR count). The second-order valence-corrected chi connectivity index (χ2v) is 7.15. The van der Waals surface area contributed by atoms with E-state index < -0.39 is 6.10 Å². The van der Waals surface area contributed by atoms with Gasteiger partial charge in [0.2, 0.25) is 5.91 Å². The lowest BCUT2D eigenvalue weighted by Crippen LogP contribution is -2.40. The van der Waals surface area contributed by atoms with Gasteiger partial charge in [-0.2, -0.15) is 0 Å². The molecule has 1 amide bonds. The van der Waals surface area contributed by atoms with Crippen molar-refractivity contribution >= 4 is 5.91 Å². The van der Waals surface area contributed by atoms with Crippen LogP contribution in [0.5, 0.6) is 0 Å². The van der Waals surface area contributed by atoms with Gasteiger partial charge in [-0.15, -0.1) is 0 Å². The van der Waals surface area contributed by atoms with Gasteiger partial charge in [-0.1, -0.05) is 20.8 Å². The summed E-state index contributed by atoms with van der Waals surface area (Å²) >= 11 is 0. The van der Waals surface area contributed by atoms with Crippen LogP contribution >= 0.6 is 0 Å². The molecule has 0 saturated heterocycles. The Morgan fingerprint density at radius 3 is 2.17 bits per heavy atom. The van der Waals surface area contributed by atoms with E-state index >= 15 is 0 Å². The zero-order valence-electron chi connectivity index (χ0n) is 12.8. The number of aliphatic hydroxyl groups is 1. The summed E-state index contributed by atoms with van der Waals surface area (Å²) in [4.78, 5) is 11.5. The monoisotopic (exact) mass is 258 g/mol. The van der Waals surface area contributed by atoms with Gasteiger partial charge in [-0.05, 0) is 32.6 Å². The third-order valence-electron chi connectivity index (χ3n) is 2.39. The van der Waals surface area contributed by atoms with Crippen LogP contribution in [-0.2, 0) is 4.79 Å². The number of rotatable bonds is 6. The van der Waals surface area contributed by atoms with Gasteiger partial charge in [-0.3, -0.25) is 4.79 Å². The Morgan fingerprint density at radius 2 is 1.72 bits per heavy atom. The molecule has 0 saturated carbocycles. The maximum atomic E-state index is 11.5. The molecule has 0 fully saturated rings. The number of carbonyl (C=O) groups excluding carboxylic acids is 1. The zero-order chi connectivity index (χ0) is 14.4. The van der Waals surface area contributed by atoms with Gasteiger partial charge in [0.1, 0.15) is 0 Å². The van der Waals surface area contributed by atoms with Gasteiger partial charge in [0.25, 0.3) is 0 Å². The average molecular weight is 258 g/mol. The summed E-state index contributed by atoms with van der Waals surface area (Å²) in [5.41, 5.74) is 0.115. The number of hydrogen-bond acceptors (Lipinski definition) is 3. The minimum Gasteiger partial charge on any atom is -0.391 e. The molecule has 0 aliphatic rings. The van der Waals surface area contributed by atoms with Crippen LogP contribution in [0.1, 0.15) is 54.4 Å². The van der Waals surface area contributed by atoms with Crippen LogP contribution < -0.4 is 10.6 Å². The second kappa shape index (κ2) is 7.10. The van der Waals surface area contributed by atoms with E-state index in [9.17, 15) is 9.90 Å². The Morgan fingerprint density at radius 1 is 1.17 bits per heavy atom. The fraction of sp³-hybridized carbons (Fsp3) is 0.929. The molecule has 0 radical (unpaired) electrons. The van der Waals surface area contributed by atoms with Crippen LogP contribution in [0, 0.1) is 5.41 Å². The highest BCUT2D eigenvalue weighted by Gasteiger charge is 2.17. The standard InChI is InChI=1S/C14H30N2O2/c1-13(2,3)9-11(17)10-15-12(18)7-8-16-14(4,5)6/h11,16-17H,7-10H2,1-6H3,(H,15,18). The quantitative estimate of drug-likeness (QED) is 0.679. The summed E-state index contributed by atoms with van der Waals surface area (Å²) in [5, 5.41) is 15.8. The molecule has 0 heterocycles. The molecule has 0 aromatic rings.